The van der Waals surface area contributed by atoms with Crippen molar-refractivity contribution in [1.82, 2.24) is 14.9 Å². The molecular formula is C20H22N4O4S. The molecule has 0 bridgehead atoms. The number of aromatic amines is 1. The molecule has 0 saturated carbocycles. The van der Waals surface area contributed by atoms with Crippen LogP contribution in [0.3, 0.4) is 0 Å². The number of methoxy groups -OCH3 is 3. The summed E-state index contributed by atoms with van der Waals surface area (Å²) in [6, 6.07) is 11.0. The Morgan fingerprint density at radius 1 is 1.00 bits per heavy atom. The van der Waals surface area contributed by atoms with Crippen LogP contribution in [0.5, 0.6) is 23.0 Å². The van der Waals surface area contributed by atoms with E-state index in [-0.39, 0.29) is 0 Å². The van der Waals surface area contributed by atoms with Gasteiger partial charge in [-0.1, -0.05) is 0 Å². The third-order valence-corrected chi connectivity index (χ3v) is 4.37. The lowest BCUT2D eigenvalue weighted by Crippen LogP contribution is -1.98. The molecule has 0 unspecified atom stereocenters. The lowest BCUT2D eigenvalue weighted by atomic mass is 10.2. The fourth-order valence-electron chi connectivity index (χ4n) is 2.72. The van der Waals surface area contributed by atoms with Gasteiger partial charge in [0, 0.05) is 5.56 Å². The molecule has 0 amide bonds. The summed E-state index contributed by atoms with van der Waals surface area (Å²) < 4.78 is 23.5. The fourth-order valence-corrected chi connectivity index (χ4v) is 2.90. The maximum absolute atomic E-state index is 5.54. The van der Waals surface area contributed by atoms with Gasteiger partial charge in [0.15, 0.2) is 28.8 Å². The predicted octanol–water partition coefficient (Wildman–Crippen LogP) is 3.91. The zero-order chi connectivity index (χ0) is 20.8. The number of rotatable bonds is 8. The van der Waals surface area contributed by atoms with Gasteiger partial charge in [0.25, 0.3) is 0 Å². The van der Waals surface area contributed by atoms with Gasteiger partial charge in [-0.05, 0) is 61.1 Å². The van der Waals surface area contributed by atoms with Crippen molar-refractivity contribution in [2.75, 3.05) is 27.9 Å². The highest BCUT2D eigenvalue weighted by molar-refractivity contribution is 7.71. The number of benzene rings is 2. The van der Waals surface area contributed by atoms with Gasteiger partial charge in [0.1, 0.15) is 0 Å². The van der Waals surface area contributed by atoms with E-state index in [0.717, 1.165) is 11.1 Å². The Morgan fingerprint density at radius 2 is 1.69 bits per heavy atom. The minimum Gasteiger partial charge on any atom is -0.493 e. The van der Waals surface area contributed by atoms with Crippen LogP contribution in [0.15, 0.2) is 41.5 Å². The summed E-state index contributed by atoms with van der Waals surface area (Å²) >= 11 is 5.33. The zero-order valence-corrected chi connectivity index (χ0v) is 17.4. The monoisotopic (exact) mass is 414 g/mol. The van der Waals surface area contributed by atoms with Crippen molar-refractivity contribution in [1.29, 1.82) is 0 Å². The molecule has 0 spiro atoms. The van der Waals surface area contributed by atoms with Crippen molar-refractivity contribution in [2.45, 2.75) is 6.92 Å². The Hall–Kier alpha value is -3.33. The van der Waals surface area contributed by atoms with Crippen LogP contribution in [0.25, 0.3) is 11.4 Å². The highest BCUT2D eigenvalue weighted by Crippen LogP contribution is 2.32. The van der Waals surface area contributed by atoms with Gasteiger partial charge in [-0.15, -0.1) is 0 Å². The number of hydrogen-bond donors (Lipinski definition) is 1. The molecule has 0 aliphatic carbocycles. The predicted molar refractivity (Wildman–Crippen MR) is 113 cm³/mol. The minimum atomic E-state index is 0.365. The smallest absolute Gasteiger partial charge is 0.216 e. The maximum atomic E-state index is 5.54. The molecule has 1 aromatic heterocycles. The molecular weight excluding hydrogens is 392 g/mol. The summed E-state index contributed by atoms with van der Waals surface area (Å²) in [6.07, 6.45) is 1.67. The molecule has 3 rings (SSSR count). The zero-order valence-electron chi connectivity index (χ0n) is 16.6. The highest BCUT2D eigenvalue weighted by Gasteiger charge is 2.12. The molecule has 0 atom stereocenters. The molecule has 8 nitrogen and oxygen atoms in total. The van der Waals surface area contributed by atoms with Gasteiger partial charge in [0.05, 0.1) is 34.2 Å². The van der Waals surface area contributed by atoms with E-state index in [4.69, 9.17) is 31.2 Å². The Kier molecular flexibility index (Phi) is 6.50. The quantitative estimate of drug-likeness (QED) is 0.444. The normalized spacial score (nSPS) is 10.9. The second kappa shape index (κ2) is 9.24. The summed E-state index contributed by atoms with van der Waals surface area (Å²) in [5.41, 5.74) is 1.60. The summed E-state index contributed by atoms with van der Waals surface area (Å²) in [7, 11) is 4.76. The molecule has 1 heterocycles. The van der Waals surface area contributed by atoms with Gasteiger partial charge < -0.3 is 18.9 Å². The van der Waals surface area contributed by atoms with Crippen LogP contribution in [-0.2, 0) is 0 Å². The van der Waals surface area contributed by atoms with Gasteiger partial charge >= 0.3 is 0 Å². The third-order valence-electron chi connectivity index (χ3n) is 4.10. The van der Waals surface area contributed by atoms with Crippen molar-refractivity contribution in [3.05, 3.63) is 46.7 Å². The first-order chi connectivity index (χ1) is 14.1. The van der Waals surface area contributed by atoms with E-state index in [1.54, 1.807) is 38.3 Å². The molecule has 2 aromatic carbocycles. The summed E-state index contributed by atoms with van der Waals surface area (Å²) in [5.74, 6) is 3.07. The van der Waals surface area contributed by atoms with Crippen LogP contribution in [0.1, 0.15) is 12.5 Å². The molecule has 0 saturated heterocycles. The lowest BCUT2D eigenvalue weighted by Gasteiger charge is -2.10. The van der Waals surface area contributed by atoms with Crippen LogP contribution in [0, 0.1) is 4.77 Å². The summed E-state index contributed by atoms with van der Waals surface area (Å²) in [5, 5.41) is 11.6. The Labute approximate surface area is 173 Å². The average Bonchev–Trinajstić information content (AvgIpc) is 3.12. The van der Waals surface area contributed by atoms with Gasteiger partial charge in [-0.3, -0.25) is 0 Å². The number of nitrogens with zero attached hydrogens (tertiary/aromatic N) is 3. The van der Waals surface area contributed by atoms with E-state index in [2.05, 4.69) is 15.3 Å². The van der Waals surface area contributed by atoms with Crippen molar-refractivity contribution in [3.8, 4) is 34.4 Å². The Bertz CT molecular complexity index is 1070. The second-order valence-corrected chi connectivity index (χ2v) is 6.21. The van der Waals surface area contributed by atoms with Crippen LogP contribution in [0.4, 0.5) is 0 Å². The van der Waals surface area contributed by atoms with Gasteiger partial charge in [-0.2, -0.15) is 14.9 Å². The van der Waals surface area contributed by atoms with Crippen LogP contribution in [0.2, 0.25) is 0 Å². The topological polar surface area (TPSA) is 82.9 Å². The molecule has 0 fully saturated rings. The lowest BCUT2D eigenvalue weighted by molar-refractivity contribution is 0.311. The van der Waals surface area contributed by atoms with E-state index < -0.39 is 0 Å². The molecule has 0 aliphatic rings. The van der Waals surface area contributed by atoms with Gasteiger partial charge in [0.2, 0.25) is 4.77 Å². The number of H-pyrrole nitrogens is 1. The average molecular weight is 414 g/mol. The van der Waals surface area contributed by atoms with Crippen molar-refractivity contribution in [3.63, 3.8) is 0 Å². The van der Waals surface area contributed by atoms with Crippen LogP contribution >= 0.6 is 12.2 Å². The SMILES string of the molecule is CCOc1ccc(/C=N\n2c(-c3ccc(OC)c(OC)c3)n[nH]c2=S)cc1OC. The van der Waals surface area contributed by atoms with Crippen molar-refractivity contribution < 1.29 is 18.9 Å². The van der Waals surface area contributed by atoms with E-state index in [0.29, 0.717) is 40.2 Å². The standard InChI is InChI=1S/C20H22N4O4S/c1-5-28-16-8-6-13(10-17(16)26-3)12-21-24-19(22-23-20(24)29)14-7-9-15(25-2)18(11-14)27-4/h6-12H,5H2,1-4H3,(H,23,29)/b21-12-. The molecule has 1 N–H and O–H groups in total. The molecule has 3 aromatic rings. The van der Waals surface area contributed by atoms with Crippen molar-refractivity contribution in [2.24, 2.45) is 5.10 Å². The van der Waals surface area contributed by atoms with Crippen LogP contribution < -0.4 is 18.9 Å². The first-order valence-corrected chi connectivity index (χ1v) is 9.27. The van der Waals surface area contributed by atoms with Gasteiger partial charge in [-0.25, -0.2) is 5.10 Å². The Morgan fingerprint density at radius 3 is 2.38 bits per heavy atom. The largest absolute Gasteiger partial charge is 0.493 e. The highest BCUT2D eigenvalue weighted by atomic mass is 32.1. The second-order valence-electron chi connectivity index (χ2n) is 5.82. The first-order valence-electron chi connectivity index (χ1n) is 8.86. The van der Waals surface area contributed by atoms with E-state index in [1.807, 2.05) is 37.3 Å². The summed E-state index contributed by atoms with van der Waals surface area (Å²) in [4.78, 5) is 0. The molecule has 29 heavy (non-hydrogen) atoms. The minimum absolute atomic E-state index is 0.365. The summed E-state index contributed by atoms with van der Waals surface area (Å²) in [6.45, 7) is 2.48. The number of aromatic nitrogens is 3. The molecule has 0 radical (unpaired) electrons. The molecule has 152 valence electrons. The van der Waals surface area contributed by atoms with Crippen LogP contribution in [-0.4, -0.2) is 49.0 Å². The van der Waals surface area contributed by atoms with E-state index in [9.17, 15) is 0 Å². The van der Waals surface area contributed by atoms with E-state index in [1.165, 1.54) is 0 Å². The van der Waals surface area contributed by atoms with E-state index >= 15 is 0 Å². The molecule has 9 heteroatoms. The number of nitrogens with one attached hydrogen (secondary N) is 1. The fraction of sp³-hybridized carbons (Fsp3) is 0.250. The first kappa shape index (κ1) is 20.4. The van der Waals surface area contributed by atoms with Crippen molar-refractivity contribution >= 4 is 18.4 Å². The third kappa shape index (κ3) is 4.40. The molecule has 0 aliphatic heterocycles. The number of hydrogen-bond acceptors (Lipinski definition) is 7. The maximum Gasteiger partial charge on any atom is 0.216 e. The Balaban J connectivity index is 1.96. The number of ether oxygens (including phenoxy) is 4.